The van der Waals surface area contributed by atoms with Gasteiger partial charge in [0.1, 0.15) is 18.2 Å². The Morgan fingerprint density at radius 2 is 2.22 bits per heavy atom. The molecule has 1 aromatic heterocycles. The second-order valence-corrected chi connectivity index (χ2v) is 4.52. The van der Waals surface area contributed by atoms with E-state index in [2.05, 4.69) is 20.2 Å². The molecule has 0 aromatic carbocycles. The summed E-state index contributed by atoms with van der Waals surface area (Å²) in [6, 6.07) is 2.14. The Labute approximate surface area is 106 Å². The van der Waals surface area contributed by atoms with Crippen LogP contribution in [0.5, 0.6) is 0 Å². The fraction of sp³-hybridized carbons (Fsp3) is 0.583. The lowest BCUT2D eigenvalue weighted by Crippen LogP contribution is -2.60. The van der Waals surface area contributed by atoms with Crippen molar-refractivity contribution >= 4 is 11.7 Å². The minimum Gasteiger partial charge on any atom is -0.375 e. The number of rotatable bonds is 4. The first kappa shape index (κ1) is 12.8. The Bertz CT molecular complexity index is 423. The van der Waals surface area contributed by atoms with E-state index in [1.807, 2.05) is 19.9 Å². The number of aromatic nitrogens is 2. The van der Waals surface area contributed by atoms with Crippen LogP contribution in [0.4, 0.5) is 5.82 Å². The molecule has 0 radical (unpaired) electrons. The van der Waals surface area contributed by atoms with E-state index in [4.69, 9.17) is 4.74 Å². The van der Waals surface area contributed by atoms with Crippen molar-refractivity contribution in [1.82, 2.24) is 15.3 Å². The van der Waals surface area contributed by atoms with Gasteiger partial charge in [-0.25, -0.2) is 9.97 Å². The predicted octanol–water partition coefficient (Wildman–Crippen LogP) is 0.0446. The van der Waals surface area contributed by atoms with Crippen LogP contribution >= 0.6 is 0 Å². The summed E-state index contributed by atoms with van der Waals surface area (Å²) in [5.41, 5.74) is 0.962. The second-order valence-electron chi connectivity index (χ2n) is 4.52. The Morgan fingerprint density at radius 1 is 1.50 bits per heavy atom. The zero-order valence-electron chi connectivity index (χ0n) is 10.9. The van der Waals surface area contributed by atoms with E-state index in [0.717, 1.165) is 30.4 Å². The van der Waals surface area contributed by atoms with Crippen LogP contribution in [0.15, 0.2) is 6.07 Å². The number of hydrogen-bond donors (Lipinski definition) is 1. The van der Waals surface area contributed by atoms with Crippen LogP contribution in [0.25, 0.3) is 0 Å². The molecule has 0 spiro atoms. The van der Waals surface area contributed by atoms with E-state index in [1.165, 1.54) is 7.11 Å². The third kappa shape index (κ3) is 2.95. The maximum Gasteiger partial charge on any atom is 0.246 e. The highest BCUT2D eigenvalue weighted by atomic mass is 16.5. The first-order chi connectivity index (χ1) is 8.58. The summed E-state index contributed by atoms with van der Waals surface area (Å²) in [5.74, 6) is 1.63. The summed E-state index contributed by atoms with van der Waals surface area (Å²) in [5, 5.41) is 2.90. The summed E-state index contributed by atoms with van der Waals surface area (Å²) in [6.45, 7) is 5.52. The fourth-order valence-electron chi connectivity index (χ4n) is 2.02. The van der Waals surface area contributed by atoms with Gasteiger partial charge in [-0.15, -0.1) is 0 Å². The molecule has 0 bridgehead atoms. The third-order valence-electron chi connectivity index (χ3n) is 2.80. The van der Waals surface area contributed by atoms with Gasteiger partial charge in [0.05, 0.1) is 6.04 Å². The monoisotopic (exact) mass is 250 g/mol. The average Bonchev–Trinajstić information content (AvgIpc) is 2.21. The number of amides is 1. The summed E-state index contributed by atoms with van der Waals surface area (Å²) in [7, 11) is 1.51. The van der Waals surface area contributed by atoms with Crippen molar-refractivity contribution in [3.63, 3.8) is 0 Å². The molecule has 1 N–H and O–H groups in total. The molecule has 6 nitrogen and oxygen atoms in total. The number of hydrogen-bond acceptors (Lipinski definition) is 5. The first-order valence-corrected chi connectivity index (χ1v) is 5.94. The lowest BCUT2D eigenvalue weighted by molar-refractivity contribution is -0.125. The molecule has 2 rings (SSSR count). The number of ether oxygens (including phenoxy) is 1. The van der Waals surface area contributed by atoms with E-state index in [-0.39, 0.29) is 18.6 Å². The SMILES string of the molecule is COCC(=O)NC1CN(c2cc(C)nc(C)n2)C1. The van der Waals surface area contributed by atoms with Crippen molar-refractivity contribution in [3.05, 3.63) is 17.6 Å². The zero-order chi connectivity index (χ0) is 13.1. The van der Waals surface area contributed by atoms with E-state index in [1.54, 1.807) is 0 Å². The van der Waals surface area contributed by atoms with E-state index in [0.29, 0.717) is 0 Å². The number of carbonyl (C=O) groups is 1. The molecule has 0 unspecified atom stereocenters. The van der Waals surface area contributed by atoms with Gasteiger partial charge in [0.25, 0.3) is 0 Å². The van der Waals surface area contributed by atoms with Crippen LogP contribution in [0.1, 0.15) is 11.5 Å². The topological polar surface area (TPSA) is 67.3 Å². The molecule has 1 saturated heterocycles. The predicted molar refractivity (Wildman–Crippen MR) is 67.5 cm³/mol. The van der Waals surface area contributed by atoms with Gasteiger partial charge in [0, 0.05) is 32.0 Å². The van der Waals surface area contributed by atoms with Crippen molar-refractivity contribution in [2.75, 3.05) is 31.7 Å². The average molecular weight is 250 g/mol. The number of anilines is 1. The van der Waals surface area contributed by atoms with Gasteiger partial charge in [-0.05, 0) is 13.8 Å². The Morgan fingerprint density at radius 3 is 2.83 bits per heavy atom. The molecular weight excluding hydrogens is 232 g/mol. The molecule has 1 aliphatic heterocycles. The first-order valence-electron chi connectivity index (χ1n) is 5.94. The van der Waals surface area contributed by atoms with Crippen LogP contribution in [-0.4, -0.2) is 48.7 Å². The smallest absolute Gasteiger partial charge is 0.246 e. The third-order valence-corrected chi connectivity index (χ3v) is 2.80. The molecule has 1 fully saturated rings. The molecule has 1 aromatic rings. The van der Waals surface area contributed by atoms with Crippen molar-refractivity contribution in [2.45, 2.75) is 19.9 Å². The fourth-order valence-corrected chi connectivity index (χ4v) is 2.02. The highest BCUT2D eigenvalue weighted by molar-refractivity contribution is 5.77. The lowest BCUT2D eigenvalue weighted by atomic mass is 10.1. The maximum atomic E-state index is 11.3. The molecule has 18 heavy (non-hydrogen) atoms. The van der Waals surface area contributed by atoms with Crippen LogP contribution in [0.2, 0.25) is 0 Å². The molecule has 6 heteroatoms. The second kappa shape index (κ2) is 5.30. The van der Waals surface area contributed by atoms with Gasteiger partial charge >= 0.3 is 0 Å². The number of carbonyl (C=O) groups excluding carboxylic acids is 1. The quantitative estimate of drug-likeness (QED) is 0.817. The van der Waals surface area contributed by atoms with Crippen LogP contribution in [0, 0.1) is 13.8 Å². The molecule has 98 valence electrons. The molecule has 0 aliphatic carbocycles. The Balaban J connectivity index is 1.87. The molecule has 0 saturated carbocycles. The van der Waals surface area contributed by atoms with Gasteiger partial charge in [-0.1, -0.05) is 0 Å². The van der Waals surface area contributed by atoms with Gasteiger partial charge < -0.3 is 15.0 Å². The highest BCUT2D eigenvalue weighted by Gasteiger charge is 2.29. The normalized spacial score (nSPS) is 15.4. The number of nitrogens with zero attached hydrogens (tertiary/aromatic N) is 3. The molecule has 0 atom stereocenters. The van der Waals surface area contributed by atoms with Crippen LogP contribution < -0.4 is 10.2 Å². The number of aryl methyl sites for hydroxylation is 2. The van der Waals surface area contributed by atoms with Gasteiger partial charge in [0.15, 0.2) is 0 Å². The van der Waals surface area contributed by atoms with E-state index < -0.39 is 0 Å². The minimum atomic E-state index is -0.0720. The van der Waals surface area contributed by atoms with Crippen LogP contribution in [0.3, 0.4) is 0 Å². The summed E-state index contributed by atoms with van der Waals surface area (Å²) in [4.78, 5) is 22.1. The van der Waals surface area contributed by atoms with Gasteiger partial charge in [0.2, 0.25) is 5.91 Å². The summed E-state index contributed by atoms with van der Waals surface area (Å²) in [6.07, 6.45) is 0. The van der Waals surface area contributed by atoms with Crippen LogP contribution in [-0.2, 0) is 9.53 Å². The van der Waals surface area contributed by atoms with Crippen molar-refractivity contribution in [2.24, 2.45) is 0 Å². The van der Waals surface area contributed by atoms with E-state index in [9.17, 15) is 4.79 Å². The van der Waals surface area contributed by atoms with Crippen molar-refractivity contribution in [1.29, 1.82) is 0 Å². The highest BCUT2D eigenvalue weighted by Crippen LogP contribution is 2.19. The summed E-state index contributed by atoms with van der Waals surface area (Å²) < 4.78 is 4.77. The van der Waals surface area contributed by atoms with Crippen molar-refractivity contribution < 1.29 is 9.53 Å². The maximum absolute atomic E-state index is 11.3. The number of nitrogens with one attached hydrogen (secondary N) is 1. The summed E-state index contributed by atoms with van der Waals surface area (Å²) >= 11 is 0. The van der Waals surface area contributed by atoms with Gasteiger partial charge in [-0.2, -0.15) is 0 Å². The number of methoxy groups -OCH3 is 1. The minimum absolute atomic E-state index is 0.0720. The Hall–Kier alpha value is -1.69. The standard InChI is InChI=1S/C12H18N4O2/c1-8-4-11(14-9(2)13-8)16-5-10(6-16)15-12(17)7-18-3/h4,10H,5-7H2,1-3H3,(H,15,17). The molecule has 2 heterocycles. The molecule has 1 amide bonds. The van der Waals surface area contributed by atoms with Gasteiger partial charge in [-0.3, -0.25) is 4.79 Å². The van der Waals surface area contributed by atoms with E-state index >= 15 is 0 Å². The molecule has 1 aliphatic rings. The molecular formula is C12H18N4O2. The Kier molecular flexibility index (Phi) is 3.76. The zero-order valence-corrected chi connectivity index (χ0v) is 10.9. The van der Waals surface area contributed by atoms with Crippen molar-refractivity contribution in [3.8, 4) is 0 Å². The lowest BCUT2D eigenvalue weighted by Gasteiger charge is -2.40. The largest absolute Gasteiger partial charge is 0.375 e.